The number of amides is 1. The van der Waals surface area contributed by atoms with E-state index in [0.717, 1.165) is 35.6 Å². The standard InChI is InChI=1S/C30H34N2O4/c1-20-25-17-29(36-4)28(35-3)16-22(25)13-14-32(20)30(33)26-15-21-9-5-6-10-23(21)18-31(26)19-24-11-7-8-12-27(24)34-2/h5-12,16-17,20,26H,13-15,18-19H2,1-4H3/t20-,26?/m0/s1. The fourth-order valence-electron chi connectivity index (χ4n) is 5.68. The number of benzene rings is 3. The Morgan fingerprint density at radius 2 is 1.53 bits per heavy atom. The van der Waals surface area contributed by atoms with E-state index in [1.165, 1.54) is 16.7 Å². The summed E-state index contributed by atoms with van der Waals surface area (Å²) in [6.45, 7) is 4.18. The second-order valence-electron chi connectivity index (χ2n) is 9.57. The van der Waals surface area contributed by atoms with Crippen LogP contribution in [0.1, 0.15) is 40.8 Å². The first kappa shape index (κ1) is 24.2. The highest BCUT2D eigenvalue weighted by Gasteiger charge is 2.38. The van der Waals surface area contributed by atoms with Crippen molar-refractivity contribution in [2.45, 2.75) is 44.9 Å². The third-order valence-corrected chi connectivity index (χ3v) is 7.66. The van der Waals surface area contributed by atoms with Gasteiger partial charge >= 0.3 is 0 Å². The number of rotatable bonds is 6. The maximum atomic E-state index is 14.2. The van der Waals surface area contributed by atoms with Crippen LogP contribution in [0.15, 0.2) is 60.7 Å². The molecular weight excluding hydrogens is 452 g/mol. The Morgan fingerprint density at radius 3 is 2.28 bits per heavy atom. The van der Waals surface area contributed by atoms with E-state index < -0.39 is 0 Å². The van der Waals surface area contributed by atoms with Gasteiger partial charge in [0.25, 0.3) is 0 Å². The Balaban J connectivity index is 1.46. The van der Waals surface area contributed by atoms with Crippen molar-refractivity contribution in [3.8, 4) is 17.2 Å². The summed E-state index contributed by atoms with van der Waals surface area (Å²) in [6, 6.07) is 20.3. The maximum Gasteiger partial charge on any atom is 0.240 e. The van der Waals surface area contributed by atoms with Gasteiger partial charge in [-0.25, -0.2) is 0 Å². The smallest absolute Gasteiger partial charge is 0.240 e. The SMILES string of the molecule is COc1ccccc1CN1Cc2ccccc2CC1C(=O)N1CCc2cc(OC)c(OC)cc2[C@@H]1C. The van der Waals surface area contributed by atoms with Gasteiger partial charge in [0.15, 0.2) is 11.5 Å². The van der Waals surface area contributed by atoms with Crippen LogP contribution in [0.3, 0.4) is 0 Å². The van der Waals surface area contributed by atoms with E-state index in [1.807, 2.05) is 29.2 Å². The molecule has 1 unspecified atom stereocenters. The Morgan fingerprint density at radius 1 is 0.861 bits per heavy atom. The predicted molar refractivity (Wildman–Crippen MR) is 140 cm³/mol. The van der Waals surface area contributed by atoms with Crippen LogP contribution in [0.2, 0.25) is 0 Å². The molecule has 0 spiro atoms. The lowest BCUT2D eigenvalue weighted by Gasteiger charge is -2.42. The molecule has 2 atom stereocenters. The summed E-state index contributed by atoms with van der Waals surface area (Å²) in [7, 11) is 5.00. The fourth-order valence-corrected chi connectivity index (χ4v) is 5.68. The van der Waals surface area contributed by atoms with Crippen LogP contribution in [0.4, 0.5) is 0 Å². The zero-order valence-corrected chi connectivity index (χ0v) is 21.5. The summed E-state index contributed by atoms with van der Waals surface area (Å²) in [5.41, 5.74) is 5.96. The van der Waals surface area contributed by atoms with Crippen LogP contribution in [0, 0.1) is 0 Å². The van der Waals surface area contributed by atoms with Gasteiger partial charge < -0.3 is 19.1 Å². The molecule has 0 saturated heterocycles. The number of methoxy groups -OCH3 is 3. The fraction of sp³-hybridized carbons (Fsp3) is 0.367. The molecule has 2 heterocycles. The first-order valence-electron chi connectivity index (χ1n) is 12.5. The molecule has 6 nitrogen and oxygen atoms in total. The van der Waals surface area contributed by atoms with Crippen LogP contribution in [-0.2, 0) is 30.7 Å². The van der Waals surface area contributed by atoms with Gasteiger partial charge in [0, 0.05) is 25.2 Å². The van der Waals surface area contributed by atoms with Crippen molar-refractivity contribution in [2.24, 2.45) is 0 Å². The largest absolute Gasteiger partial charge is 0.496 e. The molecule has 6 heteroatoms. The normalized spacial score (nSPS) is 19.3. The average Bonchev–Trinajstić information content (AvgIpc) is 2.92. The van der Waals surface area contributed by atoms with Crippen molar-refractivity contribution >= 4 is 5.91 Å². The highest BCUT2D eigenvalue weighted by atomic mass is 16.5. The van der Waals surface area contributed by atoms with E-state index in [0.29, 0.717) is 25.3 Å². The number of hydrogen-bond donors (Lipinski definition) is 0. The van der Waals surface area contributed by atoms with E-state index in [2.05, 4.69) is 48.2 Å². The average molecular weight is 487 g/mol. The van der Waals surface area contributed by atoms with E-state index in [-0.39, 0.29) is 18.0 Å². The van der Waals surface area contributed by atoms with Gasteiger partial charge in [-0.2, -0.15) is 0 Å². The lowest BCUT2D eigenvalue weighted by molar-refractivity contribution is -0.140. The topological polar surface area (TPSA) is 51.2 Å². The lowest BCUT2D eigenvalue weighted by atomic mass is 9.89. The highest BCUT2D eigenvalue weighted by molar-refractivity contribution is 5.83. The van der Waals surface area contributed by atoms with Crippen molar-refractivity contribution in [2.75, 3.05) is 27.9 Å². The van der Waals surface area contributed by atoms with E-state index >= 15 is 0 Å². The molecule has 36 heavy (non-hydrogen) atoms. The molecule has 3 aromatic carbocycles. The van der Waals surface area contributed by atoms with E-state index in [1.54, 1.807) is 21.3 Å². The van der Waals surface area contributed by atoms with E-state index in [4.69, 9.17) is 14.2 Å². The molecule has 3 aromatic rings. The third kappa shape index (κ3) is 4.42. The molecule has 0 aliphatic carbocycles. The summed E-state index contributed by atoms with van der Waals surface area (Å²) >= 11 is 0. The molecule has 2 aliphatic heterocycles. The van der Waals surface area contributed by atoms with Gasteiger partial charge in [-0.15, -0.1) is 0 Å². The molecule has 188 valence electrons. The lowest BCUT2D eigenvalue weighted by Crippen LogP contribution is -2.53. The molecule has 0 radical (unpaired) electrons. The second-order valence-corrected chi connectivity index (χ2v) is 9.57. The Hall–Kier alpha value is -3.51. The van der Waals surface area contributed by atoms with Gasteiger partial charge in [0.05, 0.1) is 33.4 Å². The summed E-state index contributed by atoms with van der Waals surface area (Å²) in [6.07, 6.45) is 1.49. The number of para-hydroxylation sites is 1. The number of fused-ring (bicyclic) bond motifs is 2. The second kappa shape index (κ2) is 10.2. The van der Waals surface area contributed by atoms with Gasteiger partial charge in [-0.1, -0.05) is 42.5 Å². The maximum absolute atomic E-state index is 14.2. The zero-order chi connectivity index (χ0) is 25.2. The van der Waals surface area contributed by atoms with Crippen molar-refractivity contribution in [1.29, 1.82) is 0 Å². The molecule has 0 aromatic heterocycles. The molecule has 0 bridgehead atoms. The molecule has 1 amide bonds. The van der Waals surface area contributed by atoms with Gasteiger partial charge in [-0.3, -0.25) is 9.69 Å². The third-order valence-electron chi connectivity index (χ3n) is 7.66. The summed E-state index contributed by atoms with van der Waals surface area (Å²) in [5, 5.41) is 0. The van der Waals surface area contributed by atoms with Crippen molar-refractivity contribution in [3.63, 3.8) is 0 Å². The van der Waals surface area contributed by atoms with Crippen molar-refractivity contribution in [3.05, 3.63) is 88.5 Å². The predicted octanol–water partition coefficient (Wildman–Crippen LogP) is 4.79. The van der Waals surface area contributed by atoms with Gasteiger partial charge in [-0.05, 0) is 60.2 Å². The number of nitrogens with zero attached hydrogens (tertiary/aromatic N) is 2. The number of carbonyl (C=O) groups is 1. The van der Waals surface area contributed by atoms with Crippen LogP contribution in [0.5, 0.6) is 17.2 Å². The molecule has 2 aliphatic rings. The molecule has 0 N–H and O–H groups in total. The highest BCUT2D eigenvalue weighted by Crippen LogP contribution is 2.39. The monoisotopic (exact) mass is 486 g/mol. The van der Waals surface area contributed by atoms with Gasteiger partial charge in [0.2, 0.25) is 5.91 Å². The first-order valence-corrected chi connectivity index (χ1v) is 12.5. The molecule has 0 saturated carbocycles. The minimum Gasteiger partial charge on any atom is -0.496 e. The summed E-state index contributed by atoms with van der Waals surface area (Å²) in [5.74, 6) is 2.45. The van der Waals surface area contributed by atoms with Crippen LogP contribution in [0.25, 0.3) is 0 Å². The number of carbonyl (C=O) groups excluding carboxylic acids is 1. The molecular formula is C30H34N2O4. The minimum atomic E-state index is -0.242. The molecule has 5 rings (SSSR count). The summed E-state index contributed by atoms with van der Waals surface area (Å²) in [4.78, 5) is 18.6. The van der Waals surface area contributed by atoms with E-state index in [9.17, 15) is 4.79 Å². The Labute approximate surface area is 213 Å². The minimum absolute atomic E-state index is 0.0497. The van der Waals surface area contributed by atoms with Crippen LogP contribution in [-0.4, -0.2) is 49.6 Å². The number of hydrogen-bond acceptors (Lipinski definition) is 5. The quantitative estimate of drug-likeness (QED) is 0.502. The van der Waals surface area contributed by atoms with Crippen molar-refractivity contribution in [1.82, 2.24) is 9.80 Å². The van der Waals surface area contributed by atoms with Crippen LogP contribution < -0.4 is 14.2 Å². The van der Waals surface area contributed by atoms with Crippen molar-refractivity contribution < 1.29 is 19.0 Å². The number of ether oxygens (including phenoxy) is 3. The first-order chi connectivity index (χ1) is 17.5. The van der Waals surface area contributed by atoms with Gasteiger partial charge in [0.1, 0.15) is 5.75 Å². The summed E-state index contributed by atoms with van der Waals surface area (Å²) < 4.78 is 16.7. The molecule has 0 fully saturated rings. The Bertz CT molecular complexity index is 1260. The zero-order valence-electron chi connectivity index (χ0n) is 21.5. The Kier molecular flexibility index (Phi) is 6.88. The van der Waals surface area contributed by atoms with Crippen LogP contribution >= 0.6 is 0 Å².